The number of alkyl halides is 2. The number of aromatic nitrogens is 1. The van der Waals surface area contributed by atoms with Crippen molar-refractivity contribution in [3.05, 3.63) is 17.3 Å². The summed E-state index contributed by atoms with van der Waals surface area (Å²) in [4.78, 5) is 5.50. The van der Waals surface area contributed by atoms with E-state index < -0.39 is 29.4 Å². The van der Waals surface area contributed by atoms with Gasteiger partial charge in [-0.3, -0.25) is 4.90 Å². The van der Waals surface area contributed by atoms with Crippen molar-refractivity contribution in [3.63, 3.8) is 0 Å². The highest BCUT2D eigenvalue weighted by Crippen LogP contribution is 2.25. The van der Waals surface area contributed by atoms with Crippen molar-refractivity contribution in [1.29, 1.82) is 0 Å². The zero-order valence-corrected chi connectivity index (χ0v) is 13.2. The van der Waals surface area contributed by atoms with Crippen LogP contribution in [-0.2, 0) is 10.0 Å². The molecule has 0 saturated carbocycles. The van der Waals surface area contributed by atoms with Gasteiger partial charge < -0.3 is 5.32 Å². The minimum atomic E-state index is -3.86. The van der Waals surface area contributed by atoms with E-state index in [1.54, 1.807) is 4.90 Å². The van der Waals surface area contributed by atoms with Crippen LogP contribution < -0.4 is 10.5 Å². The van der Waals surface area contributed by atoms with E-state index in [0.717, 1.165) is 6.20 Å². The molecule has 124 valence electrons. The highest BCUT2D eigenvalue weighted by Gasteiger charge is 2.28. The maximum atomic E-state index is 12.7. The molecule has 1 saturated heterocycles. The molecular formula is C12H17ClF2N4O2S. The van der Waals surface area contributed by atoms with E-state index in [9.17, 15) is 17.2 Å². The van der Waals surface area contributed by atoms with Gasteiger partial charge in [-0.2, -0.15) is 0 Å². The van der Waals surface area contributed by atoms with E-state index in [1.165, 1.54) is 6.07 Å². The molecule has 22 heavy (non-hydrogen) atoms. The fourth-order valence-corrected chi connectivity index (χ4v) is 3.12. The number of hydrogen-bond donors (Lipinski definition) is 2. The van der Waals surface area contributed by atoms with Crippen LogP contribution in [0.4, 0.5) is 14.6 Å². The van der Waals surface area contributed by atoms with Crippen LogP contribution in [0.25, 0.3) is 0 Å². The first-order valence-electron chi connectivity index (χ1n) is 6.66. The van der Waals surface area contributed by atoms with Gasteiger partial charge in [0.05, 0.1) is 11.1 Å². The van der Waals surface area contributed by atoms with Gasteiger partial charge in [-0.05, 0) is 12.5 Å². The normalized spacial score (nSPS) is 19.8. The molecule has 1 aliphatic heterocycles. The summed E-state index contributed by atoms with van der Waals surface area (Å²) in [6.07, 6.45) is 1.80. The van der Waals surface area contributed by atoms with E-state index in [4.69, 9.17) is 16.7 Å². The Bertz CT molecular complexity index is 628. The molecule has 1 atom stereocenters. The first-order chi connectivity index (χ1) is 10.3. The molecule has 6 nitrogen and oxygen atoms in total. The number of rotatable bonds is 6. The summed E-state index contributed by atoms with van der Waals surface area (Å²) in [6, 6.07) is 0.427. The van der Waals surface area contributed by atoms with Gasteiger partial charge in [0, 0.05) is 25.3 Å². The maximum Gasteiger partial charge on any atom is 0.239 e. The van der Waals surface area contributed by atoms with Crippen molar-refractivity contribution >= 4 is 27.4 Å². The summed E-state index contributed by atoms with van der Waals surface area (Å²) in [5.74, 6) is 0.318. The Kier molecular flexibility index (Phi) is 5.54. The minimum Gasteiger partial charge on any atom is -0.365 e. The summed E-state index contributed by atoms with van der Waals surface area (Å²) in [6.45, 7) is -0.424. The number of nitrogens with two attached hydrogens (primary N) is 1. The van der Waals surface area contributed by atoms with Crippen molar-refractivity contribution in [2.75, 3.05) is 31.8 Å². The summed E-state index contributed by atoms with van der Waals surface area (Å²) in [5, 5.41) is 8.18. The maximum absolute atomic E-state index is 12.7. The van der Waals surface area contributed by atoms with Crippen molar-refractivity contribution < 1.29 is 17.2 Å². The molecule has 0 radical (unpaired) electrons. The quantitative estimate of drug-likeness (QED) is 0.800. The predicted octanol–water partition coefficient (Wildman–Crippen LogP) is 1.18. The van der Waals surface area contributed by atoms with E-state index in [-0.39, 0.29) is 16.0 Å². The molecule has 1 fully saturated rings. The number of nitrogens with one attached hydrogen (secondary N) is 1. The average Bonchev–Trinajstić information content (AvgIpc) is 2.90. The minimum absolute atomic E-state index is 0.0640. The van der Waals surface area contributed by atoms with Crippen LogP contribution in [0.1, 0.15) is 6.42 Å². The van der Waals surface area contributed by atoms with Crippen molar-refractivity contribution in [3.8, 4) is 0 Å². The second-order valence-corrected chi connectivity index (χ2v) is 7.10. The third-order valence-electron chi connectivity index (χ3n) is 3.58. The van der Waals surface area contributed by atoms with Crippen LogP contribution in [0.5, 0.6) is 0 Å². The second-order valence-electron chi connectivity index (χ2n) is 5.13. The predicted molar refractivity (Wildman–Crippen MR) is 80.0 cm³/mol. The van der Waals surface area contributed by atoms with Crippen LogP contribution in [-0.4, -0.2) is 56.8 Å². The zero-order chi connectivity index (χ0) is 16.3. The standard InChI is InChI=1S/C12H17ClF2N4O2S/c13-11-3-10(22(16,20)21)6-17-12(11)18-8-1-2-19(7-8)9(4-14)5-15/h3,6,8-9H,1-2,4-5,7H2,(H,17,18)(H2,16,20,21)/t8-/m1/s1. The Morgan fingerprint density at radius 2 is 2.18 bits per heavy atom. The number of hydrogen-bond acceptors (Lipinski definition) is 5. The smallest absolute Gasteiger partial charge is 0.239 e. The second kappa shape index (κ2) is 7.03. The Morgan fingerprint density at radius 3 is 2.73 bits per heavy atom. The molecule has 1 aromatic heterocycles. The molecule has 0 unspecified atom stereocenters. The summed E-state index contributed by atoms with van der Waals surface area (Å²) >= 11 is 5.99. The number of pyridine rings is 1. The Hall–Kier alpha value is -1.03. The first-order valence-corrected chi connectivity index (χ1v) is 8.58. The highest BCUT2D eigenvalue weighted by atomic mass is 35.5. The zero-order valence-electron chi connectivity index (χ0n) is 11.7. The number of sulfonamides is 1. The van der Waals surface area contributed by atoms with Gasteiger partial charge in [-0.15, -0.1) is 0 Å². The van der Waals surface area contributed by atoms with Crippen LogP contribution in [0, 0.1) is 0 Å². The molecule has 10 heteroatoms. The molecule has 0 spiro atoms. The molecular weight excluding hydrogens is 338 g/mol. The topological polar surface area (TPSA) is 88.3 Å². The van der Waals surface area contributed by atoms with Gasteiger partial charge in [-0.25, -0.2) is 27.3 Å². The van der Waals surface area contributed by atoms with E-state index in [2.05, 4.69) is 10.3 Å². The molecule has 0 bridgehead atoms. The third kappa shape index (κ3) is 4.03. The third-order valence-corrected chi connectivity index (χ3v) is 4.75. The Morgan fingerprint density at radius 1 is 1.50 bits per heavy atom. The SMILES string of the molecule is NS(=O)(=O)c1cnc(N[C@@H]2CCN(C(CF)CF)C2)c(Cl)c1. The molecule has 1 aromatic rings. The van der Waals surface area contributed by atoms with Gasteiger partial charge in [0.2, 0.25) is 10.0 Å². The van der Waals surface area contributed by atoms with Crippen molar-refractivity contribution in [2.45, 2.75) is 23.4 Å². The lowest BCUT2D eigenvalue weighted by molar-refractivity contribution is 0.166. The number of nitrogens with zero attached hydrogens (tertiary/aromatic N) is 2. The fourth-order valence-electron chi connectivity index (χ4n) is 2.35. The average molecular weight is 355 g/mol. The van der Waals surface area contributed by atoms with Crippen LogP contribution in [0.3, 0.4) is 0 Å². The molecule has 2 heterocycles. The summed E-state index contributed by atoms with van der Waals surface area (Å²) in [7, 11) is -3.86. The molecule has 2 rings (SSSR count). The number of likely N-dealkylation sites (tertiary alicyclic amines) is 1. The van der Waals surface area contributed by atoms with Crippen LogP contribution in [0.15, 0.2) is 17.2 Å². The lowest BCUT2D eigenvalue weighted by Crippen LogP contribution is -2.38. The van der Waals surface area contributed by atoms with Crippen LogP contribution in [0.2, 0.25) is 5.02 Å². The summed E-state index contributed by atoms with van der Waals surface area (Å²) < 4.78 is 47.8. The monoisotopic (exact) mass is 354 g/mol. The summed E-state index contributed by atoms with van der Waals surface area (Å²) in [5.41, 5.74) is 0. The number of primary sulfonamides is 1. The van der Waals surface area contributed by atoms with Gasteiger partial charge in [0.1, 0.15) is 24.1 Å². The fraction of sp³-hybridized carbons (Fsp3) is 0.583. The van der Waals surface area contributed by atoms with Crippen LogP contribution >= 0.6 is 11.6 Å². The highest BCUT2D eigenvalue weighted by molar-refractivity contribution is 7.89. The molecule has 0 amide bonds. The lowest BCUT2D eigenvalue weighted by Gasteiger charge is -2.23. The van der Waals surface area contributed by atoms with Crippen molar-refractivity contribution in [1.82, 2.24) is 9.88 Å². The number of halogens is 3. The molecule has 0 aliphatic carbocycles. The lowest BCUT2D eigenvalue weighted by atomic mass is 10.2. The van der Waals surface area contributed by atoms with E-state index >= 15 is 0 Å². The van der Waals surface area contributed by atoms with E-state index in [1.807, 2.05) is 0 Å². The largest absolute Gasteiger partial charge is 0.365 e. The number of anilines is 1. The van der Waals surface area contributed by atoms with Crippen molar-refractivity contribution in [2.24, 2.45) is 5.14 Å². The molecule has 0 aromatic carbocycles. The first kappa shape index (κ1) is 17.3. The van der Waals surface area contributed by atoms with E-state index in [0.29, 0.717) is 25.3 Å². The van der Waals surface area contributed by atoms with Gasteiger partial charge in [-0.1, -0.05) is 11.6 Å². The Balaban J connectivity index is 2.03. The molecule has 1 aliphatic rings. The van der Waals surface area contributed by atoms with Gasteiger partial charge in [0.25, 0.3) is 0 Å². The Labute approximate surface area is 132 Å². The molecule has 3 N–H and O–H groups in total. The van der Waals surface area contributed by atoms with Gasteiger partial charge in [0.15, 0.2) is 0 Å². The van der Waals surface area contributed by atoms with Gasteiger partial charge >= 0.3 is 0 Å².